The molecule has 166 valence electrons. The maximum absolute atomic E-state index is 14.4. The fourth-order valence-corrected chi connectivity index (χ4v) is 4.24. The minimum atomic E-state index is -0.402. The highest BCUT2D eigenvalue weighted by molar-refractivity contribution is 7.11. The standard InChI is InChI=1S/C23H24FN5O2S/c1-15-3-4-17(13-26-15)21(30)27-20-12-19(24)11-18(16(20)2)14-28-6-8-29(9-7-28)23(31)22-25-5-10-32-22/h3-5,10-13H,6-9,14H2,1-2H3,(H,27,30). The van der Waals surface area contributed by atoms with Crippen LogP contribution in [-0.2, 0) is 6.54 Å². The molecule has 2 amide bonds. The van der Waals surface area contributed by atoms with Crippen LogP contribution in [0, 0.1) is 19.7 Å². The number of aryl methyl sites for hydroxylation is 1. The summed E-state index contributed by atoms with van der Waals surface area (Å²) in [6.45, 7) is 6.82. The van der Waals surface area contributed by atoms with Crippen molar-refractivity contribution in [2.24, 2.45) is 0 Å². The molecular formula is C23H24FN5O2S. The maximum Gasteiger partial charge on any atom is 0.282 e. The summed E-state index contributed by atoms with van der Waals surface area (Å²) >= 11 is 1.34. The van der Waals surface area contributed by atoms with Gasteiger partial charge in [-0.1, -0.05) is 0 Å². The summed E-state index contributed by atoms with van der Waals surface area (Å²) in [5.74, 6) is -0.774. The highest BCUT2D eigenvalue weighted by atomic mass is 32.1. The van der Waals surface area contributed by atoms with Gasteiger partial charge in [0.05, 0.1) is 5.56 Å². The van der Waals surface area contributed by atoms with Crippen LogP contribution in [0.4, 0.5) is 10.1 Å². The van der Waals surface area contributed by atoms with Crippen LogP contribution < -0.4 is 5.32 Å². The van der Waals surface area contributed by atoms with Gasteiger partial charge >= 0.3 is 0 Å². The van der Waals surface area contributed by atoms with Crippen molar-refractivity contribution in [3.8, 4) is 0 Å². The van der Waals surface area contributed by atoms with Gasteiger partial charge in [-0.25, -0.2) is 9.37 Å². The van der Waals surface area contributed by atoms with Crippen LogP contribution in [0.15, 0.2) is 42.0 Å². The molecule has 4 rings (SSSR count). The number of carbonyl (C=O) groups is 2. The number of rotatable bonds is 5. The first-order chi connectivity index (χ1) is 15.4. The van der Waals surface area contributed by atoms with Gasteiger partial charge in [0.15, 0.2) is 5.01 Å². The molecule has 9 heteroatoms. The minimum Gasteiger partial charge on any atom is -0.334 e. The first kappa shape index (κ1) is 22.0. The summed E-state index contributed by atoms with van der Waals surface area (Å²) in [5, 5.41) is 5.10. The SMILES string of the molecule is Cc1ccc(C(=O)Nc2cc(F)cc(CN3CCN(C(=O)c4nccs4)CC3)c2C)cn1. The lowest BCUT2D eigenvalue weighted by atomic mass is 10.0. The number of hydrogen-bond acceptors (Lipinski definition) is 6. The van der Waals surface area contributed by atoms with E-state index in [1.807, 2.05) is 13.8 Å². The molecule has 1 saturated heterocycles. The first-order valence-corrected chi connectivity index (χ1v) is 11.2. The van der Waals surface area contributed by atoms with Gasteiger partial charge in [-0.15, -0.1) is 11.3 Å². The number of nitrogens with one attached hydrogen (secondary N) is 1. The summed E-state index contributed by atoms with van der Waals surface area (Å²) in [6, 6.07) is 6.30. The molecule has 1 aromatic carbocycles. The van der Waals surface area contributed by atoms with Crippen LogP contribution in [0.1, 0.15) is 37.0 Å². The smallest absolute Gasteiger partial charge is 0.282 e. The largest absolute Gasteiger partial charge is 0.334 e. The Morgan fingerprint density at radius 1 is 1.12 bits per heavy atom. The zero-order valence-corrected chi connectivity index (χ0v) is 18.8. The Balaban J connectivity index is 1.41. The summed E-state index contributed by atoms with van der Waals surface area (Å²) in [4.78, 5) is 37.2. The number of carbonyl (C=O) groups excluding carboxylic acids is 2. The van der Waals surface area contributed by atoms with Crippen LogP contribution in [0.5, 0.6) is 0 Å². The van der Waals surface area contributed by atoms with Gasteiger partial charge in [-0.3, -0.25) is 19.5 Å². The average Bonchev–Trinajstić information content (AvgIpc) is 3.32. The molecule has 0 unspecified atom stereocenters. The van der Waals surface area contributed by atoms with Crippen LogP contribution in [-0.4, -0.2) is 57.8 Å². The van der Waals surface area contributed by atoms with Crippen molar-refractivity contribution in [2.45, 2.75) is 20.4 Å². The number of amides is 2. The highest BCUT2D eigenvalue weighted by Gasteiger charge is 2.24. The molecule has 7 nitrogen and oxygen atoms in total. The van der Waals surface area contributed by atoms with Gasteiger partial charge in [0.1, 0.15) is 5.82 Å². The Labute approximate surface area is 189 Å². The number of piperazine rings is 1. The Morgan fingerprint density at radius 3 is 2.56 bits per heavy atom. The molecule has 0 radical (unpaired) electrons. The average molecular weight is 454 g/mol. The number of aromatic nitrogens is 2. The molecule has 1 fully saturated rings. The third-order valence-corrected chi connectivity index (χ3v) is 6.33. The third-order valence-electron chi connectivity index (χ3n) is 5.57. The van der Waals surface area contributed by atoms with E-state index in [0.29, 0.717) is 49.0 Å². The Hall–Kier alpha value is -3.17. The Morgan fingerprint density at radius 2 is 1.91 bits per heavy atom. The zero-order valence-electron chi connectivity index (χ0n) is 18.0. The zero-order chi connectivity index (χ0) is 22.7. The number of anilines is 1. The number of pyridine rings is 1. The molecule has 32 heavy (non-hydrogen) atoms. The van der Waals surface area contributed by atoms with Crippen molar-refractivity contribution in [3.63, 3.8) is 0 Å². The summed E-state index contributed by atoms with van der Waals surface area (Å²) in [6.07, 6.45) is 3.14. The van der Waals surface area contributed by atoms with E-state index in [-0.39, 0.29) is 11.8 Å². The van der Waals surface area contributed by atoms with Crippen LogP contribution in [0.3, 0.4) is 0 Å². The molecule has 0 saturated carbocycles. The Kier molecular flexibility index (Phi) is 6.57. The van der Waals surface area contributed by atoms with Crippen molar-refractivity contribution in [2.75, 3.05) is 31.5 Å². The fraction of sp³-hybridized carbons (Fsp3) is 0.304. The van der Waals surface area contributed by atoms with Crippen molar-refractivity contribution in [1.82, 2.24) is 19.8 Å². The lowest BCUT2D eigenvalue weighted by Crippen LogP contribution is -2.48. The van der Waals surface area contributed by atoms with Crippen LogP contribution >= 0.6 is 11.3 Å². The van der Waals surface area contributed by atoms with Gasteiger partial charge < -0.3 is 10.2 Å². The van der Waals surface area contributed by atoms with Gasteiger partial charge in [-0.05, 0) is 49.2 Å². The lowest BCUT2D eigenvalue weighted by Gasteiger charge is -2.34. The predicted molar refractivity (Wildman–Crippen MR) is 121 cm³/mol. The number of nitrogens with zero attached hydrogens (tertiary/aromatic N) is 4. The van der Waals surface area contributed by atoms with Crippen molar-refractivity contribution < 1.29 is 14.0 Å². The minimum absolute atomic E-state index is 0.0443. The van der Waals surface area contributed by atoms with E-state index in [9.17, 15) is 14.0 Å². The van der Waals surface area contributed by atoms with Gasteiger partial charge in [0, 0.05) is 61.9 Å². The predicted octanol–water partition coefficient (Wildman–Crippen LogP) is 3.50. The van der Waals surface area contributed by atoms with E-state index >= 15 is 0 Å². The third kappa shape index (κ3) is 5.00. The highest BCUT2D eigenvalue weighted by Crippen LogP contribution is 2.24. The summed E-state index contributed by atoms with van der Waals surface area (Å²) in [7, 11) is 0. The fourth-order valence-electron chi connectivity index (χ4n) is 3.64. The van der Waals surface area contributed by atoms with E-state index < -0.39 is 5.82 Å². The first-order valence-electron chi connectivity index (χ1n) is 10.3. The second-order valence-electron chi connectivity index (χ2n) is 7.79. The molecule has 3 heterocycles. The van der Waals surface area contributed by atoms with Crippen LogP contribution in [0.2, 0.25) is 0 Å². The molecule has 1 N–H and O–H groups in total. The van der Waals surface area contributed by atoms with Crippen molar-refractivity contribution in [1.29, 1.82) is 0 Å². The van der Waals surface area contributed by atoms with Crippen molar-refractivity contribution >= 4 is 28.8 Å². The van der Waals surface area contributed by atoms with Gasteiger partial charge in [-0.2, -0.15) is 0 Å². The number of benzene rings is 1. The lowest BCUT2D eigenvalue weighted by molar-refractivity contribution is 0.0627. The van der Waals surface area contributed by atoms with Gasteiger partial charge in [0.2, 0.25) is 0 Å². The molecular weight excluding hydrogens is 429 g/mol. The Bertz CT molecular complexity index is 1110. The van der Waals surface area contributed by atoms with E-state index in [1.165, 1.54) is 29.7 Å². The monoisotopic (exact) mass is 453 g/mol. The second kappa shape index (κ2) is 9.54. The molecule has 1 aliphatic heterocycles. The topological polar surface area (TPSA) is 78.4 Å². The number of hydrogen-bond donors (Lipinski definition) is 1. The van der Waals surface area contributed by atoms with E-state index in [4.69, 9.17) is 0 Å². The quantitative estimate of drug-likeness (QED) is 0.640. The molecule has 0 aliphatic carbocycles. The van der Waals surface area contributed by atoms with Gasteiger partial charge in [0.25, 0.3) is 11.8 Å². The van der Waals surface area contributed by atoms with E-state index in [0.717, 1.165) is 16.8 Å². The van der Waals surface area contributed by atoms with Crippen molar-refractivity contribution in [3.05, 3.63) is 75.2 Å². The second-order valence-corrected chi connectivity index (χ2v) is 8.68. The normalized spacial score (nSPS) is 14.4. The van der Waals surface area contributed by atoms with E-state index in [1.54, 1.807) is 28.6 Å². The molecule has 0 atom stereocenters. The molecule has 0 bridgehead atoms. The summed E-state index contributed by atoms with van der Waals surface area (Å²) in [5.41, 5.74) is 3.31. The maximum atomic E-state index is 14.4. The molecule has 2 aromatic heterocycles. The van der Waals surface area contributed by atoms with Crippen LogP contribution in [0.25, 0.3) is 0 Å². The summed E-state index contributed by atoms with van der Waals surface area (Å²) < 4.78 is 14.4. The molecule has 0 spiro atoms. The number of thiazole rings is 1. The van der Waals surface area contributed by atoms with E-state index in [2.05, 4.69) is 20.2 Å². The number of halogens is 1. The molecule has 1 aliphatic rings. The molecule has 3 aromatic rings.